The third-order valence-electron chi connectivity index (χ3n) is 3.95. The van der Waals surface area contributed by atoms with Gasteiger partial charge in [-0.3, -0.25) is 4.90 Å². The van der Waals surface area contributed by atoms with Crippen LogP contribution in [0.4, 0.5) is 0 Å². The second-order valence-corrected chi connectivity index (χ2v) is 5.48. The molecule has 2 aromatic rings. The average molecular weight is 319 g/mol. The summed E-state index contributed by atoms with van der Waals surface area (Å²) < 4.78 is 21.4. The van der Waals surface area contributed by atoms with E-state index in [1.54, 1.807) is 14.2 Å². The van der Waals surface area contributed by atoms with E-state index in [0.29, 0.717) is 35.8 Å². The minimum Gasteiger partial charge on any atom is -0.493 e. The summed E-state index contributed by atoms with van der Waals surface area (Å²) in [5.74, 6) is 2.45. The van der Waals surface area contributed by atoms with Crippen molar-refractivity contribution >= 4 is 0 Å². The molecule has 0 spiro atoms. The maximum Gasteiger partial charge on any atom is 0.241 e. The molecule has 0 bridgehead atoms. The first kappa shape index (κ1) is 15.8. The summed E-state index contributed by atoms with van der Waals surface area (Å²) in [6, 6.07) is 5.90. The maximum atomic E-state index is 5.44. The van der Waals surface area contributed by atoms with Crippen LogP contribution in [0, 0.1) is 0 Å². The number of hydrogen-bond donors (Lipinski definition) is 0. The molecule has 7 heteroatoms. The number of hydrogen-bond acceptors (Lipinski definition) is 7. The van der Waals surface area contributed by atoms with Crippen molar-refractivity contribution in [3.8, 4) is 22.9 Å². The SMILES string of the molecule is COc1ccc(-c2noc(CN3CCOCC3C)n2)cc1OC. The molecule has 0 amide bonds. The van der Waals surface area contributed by atoms with Crippen LogP contribution in [-0.4, -0.2) is 55.1 Å². The number of rotatable bonds is 5. The van der Waals surface area contributed by atoms with Gasteiger partial charge in [0.15, 0.2) is 11.5 Å². The largest absolute Gasteiger partial charge is 0.493 e. The first-order chi connectivity index (χ1) is 11.2. The molecule has 1 atom stereocenters. The first-order valence-electron chi connectivity index (χ1n) is 7.58. The van der Waals surface area contributed by atoms with Gasteiger partial charge in [0.05, 0.1) is 34.0 Å². The Labute approximate surface area is 135 Å². The number of ether oxygens (including phenoxy) is 3. The Bertz CT molecular complexity index is 659. The average Bonchev–Trinajstić information content (AvgIpc) is 3.05. The Hall–Kier alpha value is -2.12. The monoisotopic (exact) mass is 319 g/mol. The lowest BCUT2D eigenvalue weighted by atomic mass is 10.2. The summed E-state index contributed by atoms with van der Waals surface area (Å²) in [6.45, 7) is 5.10. The van der Waals surface area contributed by atoms with Crippen molar-refractivity contribution in [3.63, 3.8) is 0 Å². The molecular formula is C16H21N3O4. The molecule has 1 aromatic heterocycles. The van der Waals surface area contributed by atoms with E-state index in [4.69, 9.17) is 18.7 Å². The highest BCUT2D eigenvalue weighted by atomic mass is 16.5. The molecule has 3 rings (SSSR count). The molecule has 1 saturated heterocycles. The van der Waals surface area contributed by atoms with Crippen LogP contribution in [0.5, 0.6) is 11.5 Å². The summed E-state index contributed by atoms with van der Waals surface area (Å²) in [7, 11) is 3.20. The fourth-order valence-electron chi connectivity index (χ4n) is 2.58. The molecule has 1 aliphatic rings. The molecule has 1 aliphatic heterocycles. The highest BCUT2D eigenvalue weighted by Gasteiger charge is 2.21. The smallest absolute Gasteiger partial charge is 0.241 e. The van der Waals surface area contributed by atoms with Gasteiger partial charge in [0.25, 0.3) is 0 Å². The lowest BCUT2D eigenvalue weighted by Crippen LogP contribution is -2.42. The Morgan fingerprint density at radius 1 is 1.26 bits per heavy atom. The van der Waals surface area contributed by atoms with Crippen LogP contribution in [-0.2, 0) is 11.3 Å². The Morgan fingerprint density at radius 3 is 2.83 bits per heavy atom. The van der Waals surface area contributed by atoms with Gasteiger partial charge in [-0.1, -0.05) is 5.16 Å². The predicted octanol–water partition coefficient (Wildman–Crippen LogP) is 1.97. The lowest BCUT2D eigenvalue weighted by molar-refractivity contribution is -0.00852. The number of nitrogens with zero attached hydrogens (tertiary/aromatic N) is 3. The number of methoxy groups -OCH3 is 2. The van der Waals surface area contributed by atoms with Crippen molar-refractivity contribution in [1.82, 2.24) is 15.0 Å². The molecular weight excluding hydrogens is 298 g/mol. The Morgan fingerprint density at radius 2 is 2.09 bits per heavy atom. The molecule has 1 fully saturated rings. The van der Waals surface area contributed by atoms with Crippen molar-refractivity contribution in [1.29, 1.82) is 0 Å². The molecule has 0 N–H and O–H groups in total. The third kappa shape index (κ3) is 3.46. The maximum absolute atomic E-state index is 5.44. The van der Waals surface area contributed by atoms with Crippen LogP contribution in [0.2, 0.25) is 0 Å². The lowest BCUT2D eigenvalue weighted by Gasteiger charge is -2.31. The molecule has 1 unspecified atom stereocenters. The van der Waals surface area contributed by atoms with E-state index in [1.807, 2.05) is 18.2 Å². The van der Waals surface area contributed by atoms with E-state index in [0.717, 1.165) is 25.3 Å². The summed E-state index contributed by atoms with van der Waals surface area (Å²) in [5, 5.41) is 4.07. The van der Waals surface area contributed by atoms with Crippen LogP contribution in [0.3, 0.4) is 0 Å². The second kappa shape index (κ2) is 6.97. The Kier molecular flexibility index (Phi) is 4.78. The predicted molar refractivity (Wildman–Crippen MR) is 83.5 cm³/mol. The molecule has 0 saturated carbocycles. The number of aromatic nitrogens is 2. The summed E-state index contributed by atoms with van der Waals surface area (Å²) in [6.07, 6.45) is 0. The fourth-order valence-corrected chi connectivity index (χ4v) is 2.58. The van der Waals surface area contributed by atoms with Crippen molar-refractivity contribution in [2.75, 3.05) is 34.0 Å². The zero-order valence-corrected chi connectivity index (χ0v) is 13.6. The van der Waals surface area contributed by atoms with Crippen molar-refractivity contribution in [3.05, 3.63) is 24.1 Å². The van der Waals surface area contributed by atoms with Crippen molar-refractivity contribution in [2.24, 2.45) is 0 Å². The van der Waals surface area contributed by atoms with Crippen molar-refractivity contribution in [2.45, 2.75) is 19.5 Å². The van der Waals surface area contributed by atoms with Crippen LogP contribution in [0.25, 0.3) is 11.4 Å². The normalized spacial score (nSPS) is 18.8. The zero-order chi connectivity index (χ0) is 16.2. The van der Waals surface area contributed by atoms with Crippen molar-refractivity contribution < 1.29 is 18.7 Å². The third-order valence-corrected chi connectivity index (χ3v) is 3.95. The number of morpholine rings is 1. The minimum atomic E-state index is 0.347. The van der Waals surface area contributed by atoms with Gasteiger partial charge in [-0.05, 0) is 25.1 Å². The van der Waals surface area contributed by atoms with Gasteiger partial charge >= 0.3 is 0 Å². The standard InChI is InChI=1S/C16H21N3O4/c1-11-10-22-7-6-19(11)9-15-17-16(18-23-15)12-4-5-13(20-2)14(8-12)21-3/h4-5,8,11H,6-7,9-10H2,1-3H3. The van der Waals surface area contributed by atoms with E-state index in [2.05, 4.69) is 22.0 Å². The van der Waals surface area contributed by atoms with Gasteiger partial charge in [-0.2, -0.15) is 4.98 Å². The van der Waals surface area contributed by atoms with Gasteiger partial charge in [0.2, 0.25) is 11.7 Å². The van der Waals surface area contributed by atoms with E-state index in [9.17, 15) is 0 Å². The highest BCUT2D eigenvalue weighted by Crippen LogP contribution is 2.31. The van der Waals surface area contributed by atoms with E-state index in [-0.39, 0.29) is 0 Å². The topological polar surface area (TPSA) is 69.9 Å². The van der Waals surface area contributed by atoms with Gasteiger partial charge in [-0.15, -0.1) is 0 Å². The second-order valence-electron chi connectivity index (χ2n) is 5.48. The van der Waals surface area contributed by atoms with E-state index in [1.165, 1.54) is 0 Å². The van der Waals surface area contributed by atoms with E-state index >= 15 is 0 Å². The van der Waals surface area contributed by atoms with E-state index < -0.39 is 0 Å². The number of benzene rings is 1. The molecule has 124 valence electrons. The fraction of sp³-hybridized carbons (Fsp3) is 0.500. The minimum absolute atomic E-state index is 0.347. The molecule has 0 aliphatic carbocycles. The summed E-state index contributed by atoms with van der Waals surface area (Å²) >= 11 is 0. The quantitative estimate of drug-likeness (QED) is 0.834. The molecule has 7 nitrogen and oxygen atoms in total. The van der Waals surface area contributed by atoms with Crippen LogP contribution in [0.1, 0.15) is 12.8 Å². The molecule has 1 aromatic carbocycles. The van der Waals surface area contributed by atoms with Crippen LogP contribution < -0.4 is 9.47 Å². The van der Waals surface area contributed by atoms with Gasteiger partial charge < -0.3 is 18.7 Å². The Balaban J connectivity index is 1.76. The highest BCUT2D eigenvalue weighted by molar-refractivity contribution is 5.60. The van der Waals surface area contributed by atoms with Gasteiger partial charge in [0, 0.05) is 18.2 Å². The van der Waals surface area contributed by atoms with Gasteiger partial charge in [-0.25, -0.2) is 0 Å². The summed E-state index contributed by atoms with van der Waals surface area (Å²) in [4.78, 5) is 6.76. The molecule has 23 heavy (non-hydrogen) atoms. The zero-order valence-electron chi connectivity index (χ0n) is 13.6. The molecule has 2 heterocycles. The molecule has 0 radical (unpaired) electrons. The van der Waals surface area contributed by atoms with Gasteiger partial charge in [0.1, 0.15) is 0 Å². The van der Waals surface area contributed by atoms with Crippen LogP contribution >= 0.6 is 0 Å². The first-order valence-corrected chi connectivity index (χ1v) is 7.58. The van der Waals surface area contributed by atoms with Crippen LogP contribution in [0.15, 0.2) is 22.7 Å². The summed E-state index contributed by atoms with van der Waals surface area (Å²) in [5.41, 5.74) is 0.827.